The van der Waals surface area contributed by atoms with Gasteiger partial charge < -0.3 is 30.6 Å². The third-order valence-corrected chi connectivity index (χ3v) is 4.20. The number of anilines is 5. The summed E-state index contributed by atoms with van der Waals surface area (Å²) in [5, 5.41) is 6.27. The van der Waals surface area contributed by atoms with E-state index in [1.54, 1.807) is 63.6 Å². The normalized spacial score (nSPS) is 10.2. The number of nitrogens with two attached hydrogens (primary N) is 1. The molecule has 1 aromatic heterocycles. The molecule has 0 atom stereocenters. The smallest absolute Gasteiger partial charge is 0.338 e. The highest BCUT2D eigenvalue weighted by Gasteiger charge is 2.13. The highest BCUT2D eigenvalue weighted by atomic mass is 16.5. The molecule has 0 fully saturated rings. The van der Waals surface area contributed by atoms with Crippen LogP contribution in [0.5, 0.6) is 11.5 Å². The first-order valence-electron chi connectivity index (χ1n) is 9.19. The summed E-state index contributed by atoms with van der Waals surface area (Å²) < 4.78 is 15.6. The van der Waals surface area contributed by atoms with Crippen molar-refractivity contribution in [1.82, 2.24) is 9.97 Å². The zero-order valence-electron chi connectivity index (χ0n) is 16.9. The molecule has 2 aromatic carbocycles. The summed E-state index contributed by atoms with van der Waals surface area (Å²) in [6.45, 7) is 2.09. The molecule has 0 unspecified atom stereocenters. The minimum Gasteiger partial charge on any atom is -0.497 e. The quantitative estimate of drug-likeness (QED) is 0.478. The lowest BCUT2D eigenvalue weighted by Gasteiger charge is -2.15. The number of carbonyl (C=O) groups excluding carboxylic acids is 1. The molecular formula is C21H23N5O4. The van der Waals surface area contributed by atoms with E-state index >= 15 is 0 Å². The van der Waals surface area contributed by atoms with Gasteiger partial charge in [0, 0.05) is 11.8 Å². The van der Waals surface area contributed by atoms with Crippen molar-refractivity contribution in [3.8, 4) is 11.5 Å². The van der Waals surface area contributed by atoms with Crippen LogP contribution < -0.4 is 25.8 Å². The topological polar surface area (TPSA) is 121 Å². The van der Waals surface area contributed by atoms with E-state index in [2.05, 4.69) is 20.6 Å². The Morgan fingerprint density at radius 1 is 1.00 bits per heavy atom. The monoisotopic (exact) mass is 409 g/mol. The molecule has 0 aliphatic rings. The van der Waals surface area contributed by atoms with Gasteiger partial charge in [-0.15, -0.1) is 0 Å². The van der Waals surface area contributed by atoms with Gasteiger partial charge in [0.1, 0.15) is 23.5 Å². The highest BCUT2D eigenvalue weighted by Crippen LogP contribution is 2.34. The van der Waals surface area contributed by atoms with Crippen LogP contribution in [0.2, 0.25) is 0 Å². The molecule has 0 aliphatic heterocycles. The van der Waals surface area contributed by atoms with Gasteiger partial charge in [0.05, 0.1) is 32.1 Å². The molecule has 0 bridgehead atoms. The fraction of sp³-hybridized carbons (Fsp3) is 0.190. The number of ether oxygens (including phenoxy) is 3. The Labute approximate surface area is 174 Å². The number of esters is 1. The predicted octanol–water partition coefficient (Wildman–Crippen LogP) is 3.74. The number of nitrogens with one attached hydrogen (secondary N) is 2. The zero-order valence-corrected chi connectivity index (χ0v) is 16.9. The molecule has 3 rings (SSSR count). The molecule has 9 heteroatoms. The molecule has 0 spiro atoms. The van der Waals surface area contributed by atoms with Crippen LogP contribution in [0, 0.1) is 0 Å². The van der Waals surface area contributed by atoms with E-state index in [0.29, 0.717) is 52.4 Å². The van der Waals surface area contributed by atoms with Crippen molar-refractivity contribution in [2.24, 2.45) is 0 Å². The van der Waals surface area contributed by atoms with Crippen molar-refractivity contribution < 1.29 is 19.0 Å². The molecule has 1 heterocycles. The largest absolute Gasteiger partial charge is 0.497 e. The summed E-state index contributed by atoms with van der Waals surface area (Å²) in [6.07, 6.45) is 1.39. The summed E-state index contributed by atoms with van der Waals surface area (Å²) in [6, 6.07) is 12.2. The highest BCUT2D eigenvalue weighted by molar-refractivity contribution is 5.90. The molecule has 0 saturated carbocycles. The van der Waals surface area contributed by atoms with Crippen LogP contribution in [-0.4, -0.2) is 36.8 Å². The molecule has 156 valence electrons. The maximum absolute atomic E-state index is 11.8. The SMILES string of the molecule is CCOC(=O)c1ccc(Nc2ncnc(Nc3cc(OC)ccc3OC)c2N)cc1. The average Bonchev–Trinajstić information content (AvgIpc) is 2.77. The number of hydrogen-bond acceptors (Lipinski definition) is 9. The molecule has 0 radical (unpaired) electrons. The Hall–Kier alpha value is -4.01. The van der Waals surface area contributed by atoms with Crippen molar-refractivity contribution in [2.45, 2.75) is 6.92 Å². The Morgan fingerprint density at radius 3 is 2.33 bits per heavy atom. The molecule has 4 N–H and O–H groups in total. The Kier molecular flexibility index (Phi) is 6.53. The van der Waals surface area contributed by atoms with Crippen LogP contribution in [0.25, 0.3) is 0 Å². The van der Waals surface area contributed by atoms with E-state index in [9.17, 15) is 4.79 Å². The molecule has 0 saturated heterocycles. The first kappa shape index (κ1) is 20.7. The molecule has 30 heavy (non-hydrogen) atoms. The maximum atomic E-state index is 11.8. The van der Waals surface area contributed by atoms with Gasteiger partial charge in [-0.25, -0.2) is 14.8 Å². The first-order valence-corrected chi connectivity index (χ1v) is 9.19. The van der Waals surface area contributed by atoms with Gasteiger partial charge in [0.25, 0.3) is 0 Å². The first-order chi connectivity index (χ1) is 14.5. The van der Waals surface area contributed by atoms with Gasteiger partial charge in [-0.1, -0.05) is 0 Å². The second-order valence-electron chi connectivity index (χ2n) is 6.10. The lowest BCUT2D eigenvalue weighted by molar-refractivity contribution is 0.0526. The van der Waals surface area contributed by atoms with Crippen LogP contribution in [0.3, 0.4) is 0 Å². The molecule has 3 aromatic rings. The maximum Gasteiger partial charge on any atom is 0.338 e. The summed E-state index contributed by atoms with van der Waals surface area (Å²) in [7, 11) is 3.16. The standard InChI is InChI=1S/C21H23N5O4/c1-4-30-21(27)13-5-7-14(8-6-13)25-19-18(22)20(24-12-23-19)26-16-11-15(28-2)9-10-17(16)29-3/h5-12H,4,22H2,1-3H3,(H2,23,24,25,26). The second-order valence-corrected chi connectivity index (χ2v) is 6.10. The molecule has 0 amide bonds. The fourth-order valence-electron chi connectivity index (χ4n) is 2.67. The van der Waals surface area contributed by atoms with Crippen LogP contribution >= 0.6 is 0 Å². The number of benzene rings is 2. The Bertz CT molecular complexity index is 1020. The van der Waals surface area contributed by atoms with E-state index in [0.717, 1.165) is 0 Å². The average molecular weight is 409 g/mol. The van der Waals surface area contributed by atoms with Gasteiger partial charge in [-0.3, -0.25) is 0 Å². The van der Waals surface area contributed by atoms with Gasteiger partial charge in [0.15, 0.2) is 11.6 Å². The van der Waals surface area contributed by atoms with E-state index < -0.39 is 0 Å². The van der Waals surface area contributed by atoms with Crippen molar-refractivity contribution >= 4 is 34.7 Å². The Balaban J connectivity index is 1.81. The second kappa shape index (κ2) is 9.46. The van der Waals surface area contributed by atoms with Crippen LogP contribution in [0.1, 0.15) is 17.3 Å². The number of carbonyl (C=O) groups is 1. The van der Waals surface area contributed by atoms with E-state index in [4.69, 9.17) is 19.9 Å². The van der Waals surface area contributed by atoms with Gasteiger partial charge in [-0.05, 0) is 43.3 Å². The van der Waals surface area contributed by atoms with Crippen molar-refractivity contribution in [3.63, 3.8) is 0 Å². The lowest BCUT2D eigenvalue weighted by atomic mass is 10.2. The van der Waals surface area contributed by atoms with E-state index in [1.807, 2.05) is 0 Å². The van der Waals surface area contributed by atoms with Crippen molar-refractivity contribution in [2.75, 3.05) is 37.2 Å². The lowest BCUT2D eigenvalue weighted by Crippen LogP contribution is -2.07. The van der Waals surface area contributed by atoms with E-state index in [-0.39, 0.29) is 5.97 Å². The van der Waals surface area contributed by atoms with Crippen molar-refractivity contribution in [1.29, 1.82) is 0 Å². The minimum atomic E-state index is -0.371. The number of aromatic nitrogens is 2. The summed E-state index contributed by atoms with van der Waals surface area (Å²) in [5.74, 6) is 1.72. The number of hydrogen-bond donors (Lipinski definition) is 3. The predicted molar refractivity (Wildman–Crippen MR) is 115 cm³/mol. The minimum absolute atomic E-state index is 0.317. The van der Waals surface area contributed by atoms with Gasteiger partial charge >= 0.3 is 5.97 Å². The molecule has 9 nitrogen and oxygen atoms in total. The zero-order chi connectivity index (χ0) is 21.5. The van der Waals surface area contributed by atoms with Gasteiger partial charge in [0.2, 0.25) is 0 Å². The third kappa shape index (κ3) is 4.69. The summed E-state index contributed by atoms with van der Waals surface area (Å²) in [5.41, 5.74) is 8.39. The summed E-state index contributed by atoms with van der Waals surface area (Å²) >= 11 is 0. The number of rotatable bonds is 8. The fourth-order valence-corrected chi connectivity index (χ4v) is 2.67. The number of nitrogens with zero attached hydrogens (tertiary/aromatic N) is 2. The Morgan fingerprint density at radius 2 is 1.70 bits per heavy atom. The van der Waals surface area contributed by atoms with Gasteiger partial charge in [-0.2, -0.15) is 0 Å². The molecule has 0 aliphatic carbocycles. The number of nitrogen functional groups attached to an aromatic ring is 1. The third-order valence-electron chi connectivity index (χ3n) is 4.20. The number of methoxy groups -OCH3 is 2. The van der Waals surface area contributed by atoms with Crippen molar-refractivity contribution in [3.05, 3.63) is 54.4 Å². The van der Waals surface area contributed by atoms with E-state index in [1.165, 1.54) is 6.33 Å². The van der Waals surface area contributed by atoms with Crippen LogP contribution in [0.4, 0.5) is 28.7 Å². The molecular weight excluding hydrogens is 386 g/mol. The summed E-state index contributed by atoms with van der Waals surface area (Å²) in [4.78, 5) is 20.2. The van der Waals surface area contributed by atoms with Crippen LogP contribution in [-0.2, 0) is 4.74 Å². The van der Waals surface area contributed by atoms with Crippen LogP contribution in [0.15, 0.2) is 48.8 Å².